The van der Waals surface area contributed by atoms with Crippen molar-refractivity contribution in [2.24, 2.45) is 0 Å². The van der Waals surface area contributed by atoms with Crippen LogP contribution in [0.25, 0.3) is 0 Å². The van der Waals surface area contributed by atoms with Crippen LogP contribution in [0.5, 0.6) is 0 Å². The van der Waals surface area contributed by atoms with E-state index >= 15 is 0 Å². The van der Waals surface area contributed by atoms with E-state index < -0.39 is 12.2 Å². The molecule has 5 nitrogen and oxygen atoms in total. The lowest BCUT2D eigenvalue weighted by Crippen LogP contribution is -2.39. The number of hydrogen-bond acceptors (Lipinski definition) is 4. The second-order valence-corrected chi connectivity index (χ2v) is 6.04. The van der Waals surface area contributed by atoms with Crippen LogP contribution in [0.1, 0.15) is 58.8 Å². The molecular formula is C16H31NO4. The summed E-state index contributed by atoms with van der Waals surface area (Å²) in [7, 11) is 0. The van der Waals surface area contributed by atoms with Gasteiger partial charge in [-0.3, -0.25) is 4.79 Å². The van der Waals surface area contributed by atoms with Crippen molar-refractivity contribution >= 4 is 5.91 Å². The predicted molar refractivity (Wildman–Crippen MR) is 82.0 cm³/mol. The molecular weight excluding hydrogens is 270 g/mol. The van der Waals surface area contributed by atoms with Crippen LogP contribution in [0, 0.1) is 0 Å². The van der Waals surface area contributed by atoms with Crippen molar-refractivity contribution in [1.29, 1.82) is 0 Å². The zero-order valence-electron chi connectivity index (χ0n) is 13.5. The Morgan fingerprint density at radius 2 is 1.57 bits per heavy atom. The summed E-state index contributed by atoms with van der Waals surface area (Å²) in [6.45, 7) is 5.86. The highest BCUT2D eigenvalue weighted by Crippen LogP contribution is 2.21. The Bertz CT molecular complexity index is 280. The summed E-state index contributed by atoms with van der Waals surface area (Å²) >= 11 is 0. The summed E-state index contributed by atoms with van der Waals surface area (Å²) in [5.41, 5.74) is 0. The fourth-order valence-corrected chi connectivity index (χ4v) is 2.69. The van der Waals surface area contributed by atoms with Crippen LogP contribution < -0.4 is 0 Å². The molecule has 2 N–H and O–H groups in total. The molecule has 0 spiro atoms. The van der Waals surface area contributed by atoms with Crippen molar-refractivity contribution in [1.82, 2.24) is 4.90 Å². The van der Waals surface area contributed by atoms with Crippen LogP contribution in [-0.4, -0.2) is 59.0 Å². The molecule has 0 aliphatic heterocycles. The summed E-state index contributed by atoms with van der Waals surface area (Å²) in [5, 5.41) is 19.2. The fourth-order valence-electron chi connectivity index (χ4n) is 2.69. The molecule has 1 fully saturated rings. The van der Waals surface area contributed by atoms with Crippen molar-refractivity contribution in [2.45, 2.75) is 77.1 Å². The lowest BCUT2D eigenvalue weighted by Gasteiger charge is -2.30. The molecule has 0 radical (unpaired) electrons. The van der Waals surface area contributed by atoms with E-state index in [4.69, 9.17) is 4.74 Å². The molecule has 0 saturated heterocycles. The number of amides is 1. The lowest BCUT2D eigenvalue weighted by atomic mass is 9.92. The molecule has 1 rings (SSSR count). The van der Waals surface area contributed by atoms with Crippen LogP contribution >= 0.6 is 0 Å². The maximum atomic E-state index is 12.2. The van der Waals surface area contributed by atoms with Crippen molar-refractivity contribution in [3.05, 3.63) is 0 Å². The third-order valence-electron chi connectivity index (χ3n) is 3.97. The third-order valence-corrected chi connectivity index (χ3v) is 3.97. The van der Waals surface area contributed by atoms with Gasteiger partial charge in [0.05, 0.1) is 18.3 Å². The van der Waals surface area contributed by atoms with Gasteiger partial charge >= 0.3 is 0 Å². The second kappa shape index (κ2) is 10.1. The number of aliphatic hydroxyl groups is 2. The molecule has 0 bridgehead atoms. The van der Waals surface area contributed by atoms with Crippen molar-refractivity contribution < 1.29 is 19.7 Å². The van der Waals surface area contributed by atoms with E-state index in [0.717, 1.165) is 38.8 Å². The highest BCUT2D eigenvalue weighted by molar-refractivity contribution is 5.77. The van der Waals surface area contributed by atoms with Gasteiger partial charge in [0.2, 0.25) is 5.91 Å². The van der Waals surface area contributed by atoms with E-state index in [1.807, 2.05) is 4.90 Å². The molecule has 1 aliphatic carbocycles. The molecule has 5 heteroatoms. The second-order valence-electron chi connectivity index (χ2n) is 6.04. The maximum absolute atomic E-state index is 12.2. The van der Waals surface area contributed by atoms with Gasteiger partial charge in [-0.15, -0.1) is 0 Å². The highest BCUT2D eigenvalue weighted by atomic mass is 16.5. The standard InChI is InChI=1S/C16H31NO4/c1-3-5-7-17(8-6-4-2)16(20)12-21-15-10-13(18)9-14(19)11-15/h13-15,18-19H,3-12H2,1-2H3/t13-,14+,15?. The first-order valence-electron chi connectivity index (χ1n) is 8.32. The minimum absolute atomic E-state index is 0.0199. The Kier molecular flexibility index (Phi) is 8.88. The van der Waals surface area contributed by atoms with E-state index in [1.54, 1.807) is 0 Å². The molecule has 21 heavy (non-hydrogen) atoms. The van der Waals surface area contributed by atoms with E-state index in [-0.39, 0.29) is 18.6 Å². The Balaban J connectivity index is 2.37. The number of aliphatic hydroxyl groups excluding tert-OH is 2. The maximum Gasteiger partial charge on any atom is 0.248 e. The van der Waals surface area contributed by atoms with Crippen molar-refractivity contribution in [2.75, 3.05) is 19.7 Å². The van der Waals surface area contributed by atoms with Crippen molar-refractivity contribution in [3.63, 3.8) is 0 Å². The Morgan fingerprint density at radius 1 is 1.05 bits per heavy atom. The Hall–Kier alpha value is -0.650. The van der Waals surface area contributed by atoms with Gasteiger partial charge in [0.1, 0.15) is 6.61 Å². The summed E-state index contributed by atoms with van der Waals surface area (Å²) in [5.74, 6) is 0.0199. The van der Waals surface area contributed by atoms with Gasteiger partial charge < -0.3 is 19.8 Å². The molecule has 0 aromatic heterocycles. The third kappa shape index (κ3) is 7.25. The molecule has 0 aromatic carbocycles. The van der Waals surface area contributed by atoms with Crippen LogP contribution in [0.2, 0.25) is 0 Å². The summed E-state index contributed by atoms with van der Waals surface area (Å²) in [6.07, 6.45) is 4.32. The van der Waals surface area contributed by atoms with E-state index in [0.29, 0.717) is 19.3 Å². The largest absolute Gasteiger partial charge is 0.393 e. The van der Waals surface area contributed by atoms with E-state index in [1.165, 1.54) is 0 Å². The quantitative estimate of drug-likeness (QED) is 0.680. The molecule has 3 atom stereocenters. The first-order valence-corrected chi connectivity index (χ1v) is 8.32. The van der Waals surface area contributed by atoms with Gasteiger partial charge in [0.25, 0.3) is 0 Å². The van der Waals surface area contributed by atoms with Gasteiger partial charge in [-0.1, -0.05) is 26.7 Å². The average molecular weight is 301 g/mol. The minimum atomic E-state index is -0.523. The normalized spacial score (nSPS) is 25.8. The zero-order valence-corrected chi connectivity index (χ0v) is 13.5. The first kappa shape index (κ1) is 18.4. The molecule has 1 unspecified atom stereocenters. The zero-order chi connectivity index (χ0) is 15.7. The van der Waals surface area contributed by atoms with Crippen LogP contribution in [-0.2, 0) is 9.53 Å². The number of rotatable bonds is 9. The molecule has 1 amide bonds. The van der Waals surface area contributed by atoms with Gasteiger partial charge in [-0.2, -0.15) is 0 Å². The summed E-state index contributed by atoms with van der Waals surface area (Å²) in [6, 6.07) is 0. The minimum Gasteiger partial charge on any atom is -0.393 e. The number of nitrogens with zero attached hydrogens (tertiary/aromatic N) is 1. The number of ether oxygens (including phenoxy) is 1. The average Bonchev–Trinajstić information content (AvgIpc) is 2.44. The monoisotopic (exact) mass is 301 g/mol. The fraction of sp³-hybridized carbons (Fsp3) is 0.938. The number of carbonyl (C=O) groups excluding carboxylic acids is 1. The molecule has 0 aromatic rings. The van der Waals surface area contributed by atoms with Gasteiger partial charge in [-0.25, -0.2) is 0 Å². The lowest BCUT2D eigenvalue weighted by molar-refractivity contribution is -0.141. The number of hydrogen-bond donors (Lipinski definition) is 2. The van der Waals surface area contributed by atoms with Crippen molar-refractivity contribution in [3.8, 4) is 0 Å². The number of carbonyl (C=O) groups is 1. The summed E-state index contributed by atoms with van der Waals surface area (Å²) < 4.78 is 5.62. The van der Waals surface area contributed by atoms with Gasteiger partial charge in [0, 0.05) is 13.1 Å². The van der Waals surface area contributed by atoms with Crippen LogP contribution in [0.3, 0.4) is 0 Å². The Morgan fingerprint density at radius 3 is 2.05 bits per heavy atom. The first-order chi connectivity index (χ1) is 10.1. The highest BCUT2D eigenvalue weighted by Gasteiger charge is 2.27. The van der Waals surface area contributed by atoms with Crippen LogP contribution in [0.4, 0.5) is 0 Å². The molecule has 124 valence electrons. The van der Waals surface area contributed by atoms with Gasteiger partial charge in [-0.05, 0) is 32.1 Å². The number of unbranched alkanes of at least 4 members (excludes halogenated alkanes) is 2. The molecule has 1 saturated carbocycles. The van der Waals surface area contributed by atoms with E-state index in [9.17, 15) is 15.0 Å². The van der Waals surface area contributed by atoms with E-state index in [2.05, 4.69) is 13.8 Å². The van der Waals surface area contributed by atoms with Crippen LogP contribution in [0.15, 0.2) is 0 Å². The molecule has 1 aliphatic rings. The Labute approximate surface area is 128 Å². The summed E-state index contributed by atoms with van der Waals surface area (Å²) in [4.78, 5) is 14.1. The smallest absolute Gasteiger partial charge is 0.248 e. The topological polar surface area (TPSA) is 70.0 Å². The predicted octanol–water partition coefficient (Wildman–Crippen LogP) is 1.71. The molecule has 0 heterocycles. The SMILES string of the molecule is CCCCN(CCCC)C(=O)COC1C[C@@H](O)C[C@@H](O)C1. The van der Waals surface area contributed by atoms with Gasteiger partial charge in [0.15, 0.2) is 0 Å².